The van der Waals surface area contributed by atoms with Crippen LogP contribution in [0.2, 0.25) is 0 Å². The van der Waals surface area contributed by atoms with E-state index in [4.69, 9.17) is 0 Å². The van der Waals surface area contributed by atoms with E-state index in [1.807, 2.05) is 18.6 Å². The van der Waals surface area contributed by atoms with Gasteiger partial charge in [-0.1, -0.05) is 64.3 Å². The van der Waals surface area contributed by atoms with Crippen molar-refractivity contribution in [3.8, 4) is 22.6 Å². The van der Waals surface area contributed by atoms with Crippen molar-refractivity contribution in [2.45, 2.75) is 65.7 Å². The first kappa shape index (κ1) is 21.2. The van der Waals surface area contributed by atoms with Crippen LogP contribution >= 0.6 is 0 Å². The molecule has 0 aliphatic heterocycles. The summed E-state index contributed by atoms with van der Waals surface area (Å²) in [7, 11) is 0. The second-order valence-electron chi connectivity index (χ2n) is 8.29. The van der Waals surface area contributed by atoms with E-state index in [1.54, 1.807) is 0 Å². The topological polar surface area (TPSA) is 38.7 Å². The number of aryl methyl sites for hydroxylation is 2. The summed E-state index contributed by atoms with van der Waals surface area (Å²) in [5.41, 5.74) is 5.69. The molecule has 0 saturated carbocycles. The van der Waals surface area contributed by atoms with Crippen molar-refractivity contribution >= 4 is 0 Å². The van der Waals surface area contributed by atoms with Gasteiger partial charge in [-0.3, -0.25) is 4.98 Å². The maximum absolute atomic E-state index is 4.64. The van der Waals surface area contributed by atoms with Crippen molar-refractivity contribution in [3.05, 3.63) is 66.1 Å². The van der Waals surface area contributed by atoms with Crippen LogP contribution in [0.4, 0.5) is 0 Å². The SMILES string of the molecule is CCCCCCc1cnc(-c2ccc(-c3ccc(CCC(C)C)cc3)nc2)nc1. The second-order valence-corrected chi connectivity index (χ2v) is 8.29. The minimum atomic E-state index is 0.737. The average molecular weight is 388 g/mol. The summed E-state index contributed by atoms with van der Waals surface area (Å²) < 4.78 is 0. The van der Waals surface area contributed by atoms with Crippen molar-refractivity contribution in [2.24, 2.45) is 5.92 Å². The van der Waals surface area contributed by atoms with E-state index in [1.165, 1.54) is 43.2 Å². The van der Waals surface area contributed by atoms with E-state index >= 15 is 0 Å². The summed E-state index contributed by atoms with van der Waals surface area (Å²) in [5.74, 6) is 1.48. The summed E-state index contributed by atoms with van der Waals surface area (Å²) in [6, 6.07) is 12.9. The Morgan fingerprint density at radius 1 is 0.690 bits per heavy atom. The Morgan fingerprint density at radius 3 is 2.03 bits per heavy atom. The third kappa shape index (κ3) is 6.49. The van der Waals surface area contributed by atoms with Crippen LogP contribution in [0.1, 0.15) is 64.0 Å². The number of nitrogens with zero attached hydrogens (tertiary/aromatic N) is 3. The molecule has 1 aromatic carbocycles. The van der Waals surface area contributed by atoms with Gasteiger partial charge in [0.25, 0.3) is 0 Å². The lowest BCUT2D eigenvalue weighted by Gasteiger charge is -2.07. The molecule has 0 atom stereocenters. The highest BCUT2D eigenvalue weighted by molar-refractivity contribution is 5.63. The first-order valence-corrected chi connectivity index (χ1v) is 11.0. The molecule has 0 aliphatic carbocycles. The largest absolute Gasteiger partial charge is 0.255 e. The highest BCUT2D eigenvalue weighted by Gasteiger charge is 2.05. The van der Waals surface area contributed by atoms with Crippen molar-refractivity contribution in [1.29, 1.82) is 0 Å². The maximum atomic E-state index is 4.64. The zero-order valence-corrected chi connectivity index (χ0v) is 18.1. The molecule has 0 aliphatic rings. The van der Waals surface area contributed by atoms with Gasteiger partial charge in [-0.2, -0.15) is 0 Å². The van der Waals surface area contributed by atoms with E-state index in [-0.39, 0.29) is 0 Å². The molecule has 0 N–H and O–H groups in total. The molecule has 3 rings (SSSR count). The van der Waals surface area contributed by atoms with Crippen LogP contribution in [-0.4, -0.2) is 15.0 Å². The molecule has 0 saturated heterocycles. The minimum absolute atomic E-state index is 0.737. The van der Waals surface area contributed by atoms with Crippen molar-refractivity contribution in [3.63, 3.8) is 0 Å². The van der Waals surface area contributed by atoms with Crippen LogP contribution in [0.5, 0.6) is 0 Å². The molecule has 3 heteroatoms. The van der Waals surface area contributed by atoms with Crippen molar-refractivity contribution in [2.75, 3.05) is 0 Å². The number of benzene rings is 1. The number of hydrogen-bond donors (Lipinski definition) is 0. The molecule has 0 spiro atoms. The predicted molar refractivity (Wildman–Crippen MR) is 122 cm³/mol. The lowest BCUT2D eigenvalue weighted by Crippen LogP contribution is -1.94. The molecule has 0 radical (unpaired) electrons. The van der Waals surface area contributed by atoms with Gasteiger partial charge in [0.1, 0.15) is 0 Å². The highest BCUT2D eigenvalue weighted by Crippen LogP contribution is 2.22. The summed E-state index contributed by atoms with van der Waals surface area (Å²) in [6.45, 7) is 6.77. The Hall–Kier alpha value is -2.55. The average Bonchev–Trinajstić information content (AvgIpc) is 2.76. The third-order valence-corrected chi connectivity index (χ3v) is 5.31. The lowest BCUT2D eigenvalue weighted by atomic mass is 10.0. The Morgan fingerprint density at radius 2 is 1.41 bits per heavy atom. The molecular formula is C26H33N3. The standard InChI is InChI=1S/C26H33N3/c1-4-5-6-7-8-22-17-28-26(29-18-22)24-15-16-25(27-19-24)23-13-11-21(12-14-23)10-9-20(2)3/h11-20H,4-10H2,1-3H3. The second kappa shape index (κ2) is 10.8. The minimum Gasteiger partial charge on any atom is -0.255 e. The van der Waals surface area contributed by atoms with Gasteiger partial charge in [0.2, 0.25) is 0 Å². The van der Waals surface area contributed by atoms with Crippen LogP contribution in [0.15, 0.2) is 55.0 Å². The summed E-state index contributed by atoms with van der Waals surface area (Å²) >= 11 is 0. The van der Waals surface area contributed by atoms with Gasteiger partial charge in [-0.15, -0.1) is 0 Å². The maximum Gasteiger partial charge on any atom is 0.160 e. The van der Waals surface area contributed by atoms with Crippen molar-refractivity contribution < 1.29 is 0 Å². The van der Waals surface area contributed by atoms with Gasteiger partial charge in [0.15, 0.2) is 5.82 Å². The Kier molecular flexibility index (Phi) is 7.92. The number of rotatable bonds is 10. The van der Waals surface area contributed by atoms with E-state index in [9.17, 15) is 0 Å². The Bertz CT molecular complexity index is 850. The molecule has 0 bridgehead atoms. The van der Waals surface area contributed by atoms with Crippen LogP contribution in [0, 0.1) is 5.92 Å². The molecule has 2 aromatic heterocycles. The fourth-order valence-corrected chi connectivity index (χ4v) is 3.38. The molecule has 0 unspecified atom stereocenters. The monoisotopic (exact) mass is 387 g/mol. The summed E-state index contributed by atoms with van der Waals surface area (Å²) in [4.78, 5) is 13.7. The summed E-state index contributed by atoms with van der Waals surface area (Å²) in [5, 5.41) is 0. The van der Waals surface area contributed by atoms with Gasteiger partial charge >= 0.3 is 0 Å². The zero-order chi connectivity index (χ0) is 20.5. The smallest absolute Gasteiger partial charge is 0.160 e. The molecule has 3 aromatic rings. The Balaban J connectivity index is 1.61. The molecule has 152 valence electrons. The molecule has 3 nitrogen and oxygen atoms in total. The van der Waals surface area contributed by atoms with Crippen LogP contribution in [0.3, 0.4) is 0 Å². The Labute approximate surface area is 175 Å². The number of unbranched alkanes of at least 4 members (excludes halogenated alkanes) is 3. The van der Waals surface area contributed by atoms with Gasteiger partial charge in [0.05, 0.1) is 5.69 Å². The first-order valence-electron chi connectivity index (χ1n) is 11.0. The van der Waals surface area contributed by atoms with E-state index in [0.717, 1.165) is 41.4 Å². The number of hydrogen-bond acceptors (Lipinski definition) is 3. The van der Waals surface area contributed by atoms with Crippen LogP contribution in [-0.2, 0) is 12.8 Å². The van der Waals surface area contributed by atoms with Crippen molar-refractivity contribution in [1.82, 2.24) is 15.0 Å². The summed E-state index contributed by atoms with van der Waals surface area (Å²) in [6.07, 6.45) is 14.3. The van der Waals surface area contributed by atoms with E-state index in [2.05, 4.69) is 72.1 Å². The van der Waals surface area contributed by atoms with Gasteiger partial charge < -0.3 is 0 Å². The normalized spacial score (nSPS) is 11.2. The first-order chi connectivity index (χ1) is 14.2. The van der Waals surface area contributed by atoms with Gasteiger partial charge in [-0.05, 0) is 54.9 Å². The molecular weight excluding hydrogens is 354 g/mol. The number of aromatic nitrogens is 3. The fraction of sp³-hybridized carbons (Fsp3) is 0.423. The molecule has 2 heterocycles. The highest BCUT2D eigenvalue weighted by atomic mass is 14.9. The molecule has 29 heavy (non-hydrogen) atoms. The quantitative estimate of drug-likeness (QED) is 0.354. The molecule has 0 amide bonds. The van der Waals surface area contributed by atoms with Gasteiger partial charge in [0, 0.05) is 29.7 Å². The van der Waals surface area contributed by atoms with Crippen LogP contribution < -0.4 is 0 Å². The zero-order valence-electron chi connectivity index (χ0n) is 18.1. The van der Waals surface area contributed by atoms with Gasteiger partial charge in [-0.25, -0.2) is 9.97 Å². The van der Waals surface area contributed by atoms with Crippen LogP contribution in [0.25, 0.3) is 22.6 Å². The van der Waals surface area contributed by atoms with E-state index in [0.29, 0.717) is 0 Å². The lowest BCUT2D eigenvalue weighted by molar-refractivity contribution is 0.587. The fourth-order valence-electron chi connectivity index (χ4n) is 3.38. The molecule has 0 fully saturated rings. The third-order valence-electron chi connectivity index (χ3n) is 5.31. The number of pyridine rings is 1. The predicted octanol–water partition coefficient (Wildman–Crippen LogP) is 6.92. The van der Waals surface area contributed by atoms with E-state index < -0.39 is 0 Å².